The van der Waals surface area contributed by atoms with Crippen LogP contribution in [0.4, 0.5) is 5.13 Å². The lowest BCUT2D eigenvalue weighted by Gasteiger charge is -2.31. The van der Waals surface area contributed by atoms with Crippen LogP contribution in [0.1, 0.15) is 12.8 Å². The number of carbonyl (C=O) groups excluding carboxylic acids is 1. The van der Waals surface area contributed by atoms with Crippen LogP contribution < -0.4 is 9.64 Å². The molecule has 0 radical (unpaired) electrons. The second kappa shape index (κ2) is 12.1. The molecule has 0 N–H and O–H groups in total. The molecule has 0 bridgehead atoms. The van der Waals surface area contributed by atoms with Crippen LogP contribution in [0.5, 0.6) is 5.75 Å². The first-order valence-electron chi connectivity index (χ1n) is 11.7. The Bertz CT molecular complexity index is 1330. The fraction of sp³-hybridized carbons (Fsp3) is 0.478. The predicted octanol–water partition coefficient (Wildman–Crippen LogP) is 3.96. The van der Waals surface area contributed by atoms with Crippen LogP contribution in [-0.2, 0) is 19.6 Å². The Labute approximate surface area is 235 Å². The van der Waals surface area contributed by atoms with Gasteiger partial charge in [0.05, 0.1) is 30.0 Å². The lowest BCUT2D eigenvalue weighted by atomic mass is 10.2. The van der Waals surface area contributed by atoms with E-state index in [1.165, 1.54) is 15.6 Å². The fourth-order valence-corrected chi connectivity index (χ4v) is 8.63. The Morgan fingerprint density at radius 2 is 2.05 bits per heavy atom. The predicted molar refractivity (Wildman–Crippen MR) is 149 cm³/mol. The lowest BCUT2D eigenvalue weighted by molar-refractivity contribution is -0.121. The van der Waals surface area contributed by atoms with Crippen molar-refractivity contribution in [2.24, 2.45) is 0 Å². The quantitative estimate of drug-likeness (QED) is 0.383. The molecule has 2 fully saturated rings. The number of thiophene rings is 1. The van der Waals surface area contributed by atoms with Gasteiger partial charge in [0.15, 0.2) is 5.13 Å². The van der Waals surface area contributed by atoms with E-state index in [0.717, 1.165) is 29.1 Å². The summed E-state index contributed by atoms with van der Waals surface area (Å²) < 4.78 is 39.9. The minimum atomic E-state index is -3.76. The highest BCUT2D eigenvalue weighted by molar-refractivity contribution is 7.91. The Morgan fingerprint density at radius 1 is 1.27 bits per heavy atom. The SMILES string of the molecule is COc1ccc(Cl)c2sc(N(CCN3CCOCC3)C(=O)C3CCCN3S(=O)(=O)c3cccs3)nc12.Cl. The molecule has 2 aromatic heterocycles. The molecular formula is C23H28Cl2N4O5S3. The van der Waals surface area contributed by atoms with Crippen molar-refractivity contribution in [3.8, 4) is 5.75 Å². The molecule has 9 nitrogen and oxygen atoms in total. The zero-order valence-corrected chi connectivity index (χ0v) is 24.2. The van der Waals surface area contributed by atoms with Crippen LogP contribution in [0.3, 0.4) is 0 Å². The normalized spacial score (nSPS) is 19.1. The third-order valence-corrected chi connectivity index (χ3v) is 11.3. The van der Waals surface area contributed by atoms with Gasteiger partial charge in [-0.25, -0.2) is 13.4 Å². The summed E-state index contributed by atoms with van der Waals surface area (Å²) in [5.41, 5.74) is 0.587. The van der Waals surface area contributed by atoms with Gasteiger partial charge in [0, 0.05) is 32.7 Å². The highest BCUT2D eigenvalue weighted by Gasteiger charge is 2.42. The minimum Gasteiger partial charge on any atom is -0.494 e. The number of sulfonamides is 1. The number of morpholine rings is 1. The van der Waals surface area contributed by atoms with Crippen molar-refractivity contribution in [2.75, 3.05) is 57.9 Å². The average molecular weight is 608 g/mol. The summed E-state index contributed by atoms with van der Waals surface area (Å²) in [6.07, 6.45) is 1.09. The first-order chi connectivity index (χ1) is 17.4. The molecule has 202 valence electrons. The van der Waals surface area contributed by atoms with Gasteiger partial charge in [-0.2, -0.15) is 4.31 Å². The maximum absolute atomic E-state index is 14.0. The number of fused-ring (bicyclic) bond motifs is 1. The molecule has 2 saturated heterocycles. The van der Waals surface area contributed by atoms with Gasteiger partial charge in [0.25, 0.3) is 10.0 Å². The number of thiazole rings is 1. The minimum absolute atomic E-state index is 0. The summed E-state index contributed by atoms with van der Waals surface area (Å²) >= 11 is 8.93. The number of hydrogen-bond acceptors (Lipinski definition) is 9. The highest BCUT2D eigenvalue weighted by atomic mass is 35.5. The van der Waals surface area contributed by atoms with Gasteiger partial charge in [-0.05, 0) is 36.4 Å². The third-order valence-electron chi connectivity index (χ3n) is 6.45. The van der Waals surface area contributed by atoms with Crippen molar-refractivity contribution in [3.05, 3.63) is 34.7 Å². The van der Waals surface area contributed by atoms with E-state index in [2.05, 4.69) is 4.90 Å². The van der Waals surface area contributed by atoms with Crippen LogP contribution in [0, 0.1) is 0 Å². The molecule has 5 rings (SSSR count). The maximum atomic E-state index is 14.0. The van der Waals surface area contributed by atoms with Crippen LogP contribution in [0.2, 0.25) is 5.02 Å². The van der Waals surface area contributed by atoms with Gasteiger partial charge in [-0.3, -0.25) is 14.6 Å². The highest BCUT2D eigenvalue weighted by Crippen LogP contribution is 2.39. The molecule has 37 heavy (non-hydrogen) atoms. The van der Waals surface area contributed by atoms with Crippen molar-refractivity contribution in [1.82, 2.24) is 14.2 Å². The molecule has 2 aliphatic heterocycles. The molecule has 14 heteroatoms. The van der Waals surface area contributed by atoms with Crippen molar-refractivity contribution in [1.29, 1.82) is 0 Å². The van der Waals surface area contributed by atoms with Crippen LogP contribution >= 0.6 is 46.7 Å². The third kappa shape index (κ3) is 5.76. The monoisotopic (exact) mass is 606 g/mol. The summed E-state index contributed by atoms with van der Waals surface area (Å²) in [4.78, 5) is 22.7. The van der Waals surface area contributed by atoms with E-state index in [9.17, 15) is 13.2 Å². The second-order valence-electron chi connectivity index (χ2n) is 8.57. The van der Waals surface area contributed by atoms with Gasteiger partial charge in [0.2, 0.25) is 5.91 Å². The summed E-state index contributed by atoms with van der Waals surface area (Å²) in [7, 11) is -2.20. The molecule has 1 aromatic carbocycles. The molecule has 1 atom stereocenters. The van der Waals surface area contributed by atoms with E-state index < -0.39 is 16.1 Å². The molecule has 0 aliphatic carbocycles. The Balaban J connectivity index is 0.00000320. The number of benzene rings is 1. The van der Waals surface area contributed by atoms with Crippen molar-refractivity contribution >= 4 is 78.0 Å². The number of nitrogens with zero attached hydrogens (tertiary/aromatic N) is 4. The zero-order chi connectivity index (χ0) is 25.3. The number of anilines is 1. The maximum Gasteiger partial charge on any atom is 0.253 e. The van der Waals surface area contributed by atoms with Crippen LogP contribution in [0.25, 0.3) is 10.2 Å². The van der Waals surface area contributed by atoms with Crippen LogP contribution in [-0.4, -0.2) is 87.6 Å². The summed E-state index contributed by atoms with van der Waals surface area (Å²) in [6, 6.07) is 6.00. The fourth-order valence-electron chi connectivity index (χ4n) is 4.57. The first-order valence-corrected chi connectivity index (χ1v) is 15.2. The lowest BCUT2D eigenvalue weighted by Crippen LogP contribution is -2.50. The summed E-state index contributed by atoms with van der Waals surface area (Å²) in [5.74, 6) is 0.301. The van der Waals surface area contributed by atoms with Crippen molar-refractivity contribution in [3.63, 3.8) is 0 Å². The summed E-state index contributed by atoms with van der Waals surface area (Å²) in [6.45, 7) is 4.18. The summed E-state index contributed by atoms with van der Waals surface area (Å²) in [5, 5.41) is 2.74. The second-order valence-corrected chi connectivity index (χ2v) is 13.0. The number of methoxy groups -OCH3 is 1. The number of aromatic nitrogens is 1. The molecule has 3 aromatic rings. The van der Waals surface area contributed by atoms with Crippen molar-refractivity contribution < 1.29 is 22.7 Å². The first kappa shape index (κ1) is 28.5. The molecule has 1 amide bonds. The number of rotatable bonds is 8. The number of halogens is 2. The Hall–Kier alpha value is -1.51. The smallest absolute Gasteiger partial charge is 0.253 e. The molecule has 1 unspecified atom stereocenters. The molecule has 4 heterocycles. The van der Waals surface area contributed by atoms with Crippen LogP contribution in [0.15, 0.2) is 33.9 Å². The number of ether oxygens (including phenoxy) is 2. The zero-order valence-electron chi connectivity index (χ0n) is 20.2. The number of hydrogen-bond donors (Lipinski definition) is 0. The number of carbonyl (C=O) groups is 1. The van der Waals surface area contributed by atoms with E-state index in [-0.39, 0.29) is 22.5 Å². The van der Waals surface area contributed by atoms with E-state index >= 15 is 0 Å². The van der Waals surface area contributed by atoms with Gasteiger partial charge in [-0.15, -0.1) is 23.7 Å². The van der Waals surface area contributed by atoms with Gasteiger partial charge in [0.1, 0.15) is 21.5 Å². The topological polar surface area (TPSA) is 92.3 Å². The van der Waals surface area contributed by atoms with E-state index in [1.54, 1.807) is 41.7 Å². The van der Waals surface area contributed by atoms with Gasteiger partial charge >= 0.3 is 0 Å². The largest absolute Gasteiger partial charge is 0.494 e. The average Bonchev–Trinajstić information content (AvgIpc) is 3.66. The van der Waals surface area contributed by atoms with E-state index in [4.69, 9.17) is 26.1 Å². The Morgan fingerprint density at radius 3 is 2.76 bits per heavy atom. The number of amides is 1. The molecule has 0 saturated carbocycles. The van der Waals surface area contributed by atoms with E-state index in [1.807, 2.05) is 0 Å². The molecular weight excluding hydrogens is 579 g/mol. The Kier molecular flexibility index (Phi) is 9.34. The van der Waals surface area contributed by atoms with E-state index in [0.29, 0.717) is 67.1 Å². The standard InChI is InChI=1S/C23H27ClN4O5S3.ClH/c1-32-18-7-6-16(24)21-20(18)25-23(35-21)27(10-9-26-11-13-33-14-12-26)22(29)17-4-2-8-28(17)36(30,31)19-5-3-15-34-19;/h3,5-7,15,17H,2,4,8-14H2,1H3;1H. The molecule has 2 aliphatic rings. The van der Waals surface area contributed by atoms with Gasteiger partial charge in [-0.1, -0.05) is 29.0 Å². The van der Waals surface area contributed by atoms with Crippen molar-refractivity contribution in [2.45, 2.75) is 23.1 Å². The van der Waals surface area contributed by atoms with Gasteiger partial charge < -0.3 is 9.47 Å². The molecule has 0 spiro atoms.